The number of nitrogens with zero attached hydrogens (tertiary/aromatic N) is 4. The maximum absolute atomic E-state index is 5.46. The second kappa shape index (κ2) is 5.44. The van der Waals surface area contributed by atoms with Crippen LogP contribution in [-0.4, -0.2) is 31.6 Å². The van der Waals surface area contributed by atoms with Crippen molar-refractivity contribution in [1.82, 2.24) is 25.0 Å². The largest absolute Gasteiger partial charge is 0.344 e. The molecule has 2 aromatic heterocycles. The van der Waals surface area contributed by atoms with Crippen LogP contribution in [0.1, 0.15) is 79.4 Å². The number of nitrogens with one attached hydrogen (secondary N) is 1. The Morgan fingerprint density at radius 2 is 2.00 bits per heavy atom. The van der Waals surface area contributed by atoms with E-state index in [2.05, 4.69) is 20.0 Å². The predicted octanol–water partition coefficient (Wildman–Crippen LogP) is 2.89. The van der Waals surface area contributed by atoms with Crippen LogP contribution in [0.15, 0.2) is 4.52 Å². The second-order valence-electron chi connectivity index (χ2n) is 7.20. The van der Waals surface area contributed by atoms with E-state index >= 15 is 0 Å². The van der Waals surface area contributed by atoms with Crippen molar-refractivity contribution in [2.24, 2.45) is 0 Å². The van der Waals surface area contributed by atoms with Gasteiger partial charge in [0.2, 0.25) is 5.89 Å². The van der Waals surface area contributed by atoms with Crippen LogP contribution in [0.3, 0.4) is 0 Å². The van der Waals surface area contributed by atoms with Crippen LogP contribution in [0, 0.1) is 0 Å². The van der Waals surface area contributed by atoms with Gasteiger partial charge in [-0.05, 0) is 57.9 Å². The Balaban J connectivity index is 1.34. The van der Waals surface area contributed by atoms with E-state index in [1.165, 1.54) is 43.5 Å². The van der Waals surface area contributed by atoms with Gasteiger partial charge in [0.05, 0.1) is 18.3 Å². The Bertz CT molecular complexity index is 678. The van der Waals surface area contributed by atoms with Crippen LogP contribution in [-0.2, 0) is 19.4 Å². The summed E-state index contributed by atoms with van der Waals surface area (Å²) in [4.78, 5) is 15.5. The first-order valence-electron chi connectivity index (χ1n) is 9.01. The molecular weight excluding hydrogens is 290 g/mol. The van der Waals surface area contributed by atoms with Gasteiger partial charge in [0.1, 0.15) is 5.82 Å². The second-order valence-corrected chi connectivity index (χ2v) is 7.20. The molecule has 1 unspecified atom stereocenters. The number of hydrogen-bond acceptors (Lipinski definition) is 5. The fourth-order valence-corrected chi connectivity index (χ4v) is 3.97. The number of rotatable bonds is 4. The first-order chi connectivity index (χ1) is 11.4. The van der Waals surface area contributed by atoms with Crippen molar-refractivity contribution >= 4 is 0 Å². The van der Waals surface area contributed by atoms with E-state index in [0.29, 0.717) is 12.0 Å². The van der Waals surface area contributed by atoms with E-state index in [0.717, 1.165) is 49.9 Å². The van der Waals surface area contributed by atoms with Gasteiger partial charge in [-0.1, -0.05) is 5.16 Å². The van der Waals surface area contributed by atoms with E-state index in [4.69, 9.17) is 9.51 Å². The van der Waals surface area contributed by atoms with Crippen molar-refractivity contribution in [2.45, 2.75) is 69.9 Å². The van der Waals surface area contributed by atoms with Crippen LogP contribution in [0.25, 0.3) is 0 Å². The van der Waals surface area contributed by atoms with Crippen molar-refractivity contribution < 1.29 is 4.52 Å². The summed E-state index contributed by atoms with van der Waals surface area (Å²) >= 11 is 0. The quantitative estimate of drug-likeness (QED) is 0.940. The number of aryl methyl sites for hydroxylation is 2. The van der Waals surface area contributed by atoms with E-state index in [9.17, 15) is 0 Å². The lowest BCUT2D eigenvalue weighted by Crippen LogP contribution is -2.23. The Hall–Kier alpha value is -1.69. The van der Waals surface area contributed by atoms with Crippen LogP contribution < -0.4 is 0 Å². The molecule has 3 aliphatic rings. The molecule has 1 saturated carbocycles. The van der Waals surface area contributed by atoms with Crippen molar-refractivity contribution in [1.29, 1.82) is 0 Å². The highest BCUT2D eigenvalue weighted by atomic mass is 16.5. The molecule has 1 N–H and O–H groups in total. The molecule has 0 aromatic carbocycles. The molecule has 1 atom stereocenters. The molecule has 6 heteroatoms. The van der Waals surface area contributed by atoms with E-state index < -0.39 is 0 Å². The maximum Gasteiger partial charge on any atom is 0.240 e. The van der Waals surface area contributed by atoms with Crippen LogP contribution in [0.2, 0.25) is 0 Å². The van der Waals surface area contributed by atoms with Gasteiger partial charge in [-0.25, -0.2) is 4.98 Å². The minimum absolute atomic E-state index is 0.372. The van der Waals surface area contributed by atoms with E-state index in [-0.39, 0.29) is 0 Å². The summed E-state index contributed by atoms with van der Waals surface area (Å²) in [6.07, 6.45) is 9.64. The number of aromatic amines is 1. The molecule has 1 saturated heterocycles. The molecule has 6 nitrogen and oxygen atoms in total. The Morgan fingerprint density at radius 3 is 2.87 bits per heavy atom. The molecular formula is C17H23N5O. The van der Waals surface area contributed by atoms with Gasteiger partial charge in [0, 0.05) is 11.6 Å². The summed E-state index contributed by atoms with van der Waals surface area (Å²) < 4.78 is 5.46. The van der Waals surface area contributed by atoms with Crippen molar-refractivity contribution in [3.63, 3.8) is 0 Å². The third kappa shape index (κ3) is 2.59. The summed E-state index contributed by atoms with van der Waals surface area (Å²) in [6.45, 7) is 1.83. The highest BCUT2D eigenvalue weighted by Gasteiger charge is 2.32. The van der Waals surface area contributed by atoms with Gasteiger partial charge in [0.25, 0.3) is 0 Å². The zero-order valence-electron chi connectivity index (χ0n) is 13.4. The standard InChI is InChI=1S/C17H23N5O/c1-2-5-13-12(4-1)18-17(19-13)14-6-3-9-22(14)10-15-20-16(21-23-15)11-7-8-11/h11,14H,1-10H2,(H,18,19). The topological polar surface area (TPSA) is 70.8 Å². The Kier molecular flexibility index (Phi) is 3.25. The highest BCUT2D eigenvalue weighted by Crippen LogP contribution is 2.38. The highest BCUT2D eigenvalue weighted by molar-refractivity contribution is 5.19. The molecule has 122 valence electrons. The normalized spacial score (nSPS) is 25.0. The molecule has 23 heavy (non-hydrogen) atoms. The number of imidazole rings is 1. The van der Waals surface area contributed by atoms with E-state index in [1.807, 2.05) is 0 Å². The summed E-state index contributed by atoms with van der Waals surface area (Å²) in [7, 11) is 0. The Labute approximate surface area is 135 Å². The third-order valence-corrected chi connectivity index (χ3v) is 5.42. The van der Waals surface area contributed by atoms with Gasteiger partial charge in [-0.3, -0.25) is 4.90 Å². The Morgan fingerprint density at radius 1 is 1.09 bits per heavy atom. The van der Waals surface area contributed by atoms with Crippen LogP contribution >= 0.6 is 0 Å². The first kappa shape index (κ1) is 13.7. The lowest BCUT2D eigenvalue weighted by molar-refractivity contribution is 0.206. The first-order valence-corrected chi connectivity index (χ1v) is 9.01. The third-order valence-electron chi connectivity index (χ3n) is 5.42. The number of fused-ring (bicyclic) bond motifs is 1. The van der Waals surface area contributed by atoms with Gasteiger partial charge < -0.3 is 9.51 Å². The monoisotopic (exact) mass is 313 g/mol. The van der Waals surface area contributed by atoms with Crippen LogP contribution in [0.4, 0.5) is 0 Å². The van der Waals surface area contributed by atoms with Crippen LogP contribution in [0.5, 0.6) is 0 Å². The molecule has 0 amide bonds. The molecule has 2 fully saturated rings. The summed E-state index contributed by atoms with van der Waals surface area (Å²) in [5, 5.41) is 4.13. The zero-order valence-corrected chi connectivity index (χ0v) is 13.4. The molecule has 2 aliphatic carbocycles. The lowest BCUT2D eigenvalue weighted by atomic mass is 10.0. The van der Waals surface area contributed by atoms with Gasteiger partial charge in [-0.2, -0.15) is 4.98 Å². The summed E-state index contributed by atoms with van der Waals surface area (Å²) in [6, 6.07) is 0.372. The minimum Gasteiger partial charge on any atom is -0.344 e. The smallest absolute Gasteiger partial charge is 0.240 e. The fourth-order valence-electron chi connectivity index (χ4n) is 3.97. The van der Waals surface area contributed by atoms with E-state index in [1.54, 1.807) is 0 Å². The molecule has 3 heterocycles. The summed E-state index contributed by atoms with van der Waals surface area (Å²) in [5.41, 5.74) is 2.67. The number of hydrogen-bond donors (Lipinski definition) is 1. The van der Waals surface area contributed by atoms with Gasteiger partial charge in [0.15, 0.2) is 5.82 Å². The number of likely N-dealkylation sites (tertiary alicyclic amines) is 1. The molecule has 0 radical (unpaired) electrons. The minimum atomic E-state index is 0.372. The zero-order chi connectivity index (χ0) is 15.2. The van der Waals surface area contributed by atoms with Crippen molar-refractivity contribution in [3.8, 4) is 0 Å². The van der Waals surface area contributed by atoms with Gasteiger partial charge >= 0.3 is 0 Å². The van der Waals surface area contributed by atoms with Gasteiger partial charge in [-0.15, -0.1) is 0 Å². The SMILES string of the molecule is C1CCc2[nH]c(C3CCCN3Cc3nc(C4CC4)no3)nc2C1. The number of H-pyrrole nitrogens is 1. The molecule has 0 bridgehead atoms. The molecule has 1 aliphatic heterocycles. The fraction of sp³-hybridized carbons (Fsp3) is 0.706. The van der Waals surface area contributed by atoms with Crippen molar-refractivity contribution in [3.05, 3.63) is 28.9 Å². The molecule has 5 rings (SSSR count). The predicted molar refractivity (Wildman–Crippen MR) is 83.9 cm³/mol. The average Bonchev–Trinajstić information content (AvgIpc) is 3.00. The molecule has 0 spiro atoms. The summed E-state index contributed by atoms with van der Waals surface area (Å²) in [5.74, 6) is 3.37. The average molecular weight is 313 g/mol. The lowest BCUT2D eigenvalue weighted by Gasteiger charge is -2.20. The maximum atomic E-state index is 5.46. The number of aromatic nitrogens is 4. The van der Waals surface area contributed by atoms with Crippen molar-refractivity contribution in [2.75, 3.05) is 6.54 Å². The molecule has 2 aromatic rings.